The molecule has 0 aliphatic carbocycles. The van der Waals surface area contributed by atoms with E-state index in [1.54, 1.807) is 4.90 Å². The Morgan fingerprint density at radius 2 is 1.95 bits per heavy atom. The molecule has 5 heteroatoms. The van der Waals surface area contributed by atoms with Gasteiger partial charge in [0.15, 0.2) is 0 Å². The molecular weight excluding hydrogens is 244 g/mol. The fraction of sp³-hybridized carbons (Fsp3) is 0.857. The van der Waals surface area contributed by atoms with Crippen LogP contribution in [-0.4, -0.2) is 40.5 Å². The summed E-state index contributed by atoms with van der Waals surface area (Å²) in [4.78, 5) is 26.2. The second-order valence-corrected chi connectivity index (χ2v) is 6.56. The van der Waals surface area contributed by atoms with Gasteiger partial charge in [-0.2, -0.15) is 0 Å². The number of fused-ring (bicyclic) bond motifs is 1. The average molecular weight is 268 g/mol. The highest BCUT2D eigenvalue weighted by Gasteiger charge is 2.44. The van der Waals surface area contributed by atoms with Crippen LogP contribution < -0.4 is 5.73 Å². The minimum Gasteiger partial charge on any atom is -0.458 e. The maximum absolute atomic E-state index is 12.3. The smallest absolute Gasteiger partial charge is 0.329 e. The molecule has 3 atom stereocenters. The van der Waals surface area contributed by atoms with Crippen molar-refractivity contribution in [1.29, 1.82) is 0 Å². The van der Waals surface area contributed by atoms with Crippen LogP contribution >= 0.6 is 0 Å². The van der Waals surface area contributed by atoms with Crippen LogP contribution in [0.25, 0.3) is 0 Å². The number of amides is 1. The molecule has 5 nitrogen and oxygen atoms in total. The van der Waals surface area contributed by atoms with Gasteiger partial charge in [0, 0.05) is 6.04 Å². The molecule has 2 aliphatic heterocycles. The Balaban J connectivity index is 2.14. The molecule has 0 spiro atoms. The quantitative estimate of drug-likeness (QED) is 0.725. The van der Waals surface area contributed by atoms with Crippen LogP contribution in [0.3, 0.4) is 0 Å². The molecule has 0 radical (unpaired) electrons. The van der Waals surface area contributed by atoms with Crippen molar-refractivity contribution in [3.05, 3.63) is 0 Å². The highest BCUT2D eigenvalue weighted by Crippen LogP contribution is 2.32. The van der Waals surface area contributed by atoms with Gasteiger partial charge in [0.1, 0.15) is 11.6 Å². The molecule has 108 valence electrons. The summed E-state index contributed by atoms with van der Waals surface area (Å²) in [6.45, 7) is 5.52. The van der Waals surface area contributed by atoms with Crippen molar-refractivity contribution in [3.8, 4) is 0 Å². The Kier molecular flexibility index (Phi) is 3.85. The lowest BCUT2D eigenvalue weighted by molar-refractivity contribution is -0.164. The van der Waals surface area contributed by atoms with Gasteiger partial charge < -0.3 is 15.4 Å². The molecule has 0 aromatic rings. The summed E-state index contributed by atoms with van der Waals surface area (Å²) in [5.41, 5.74) is 5.36. The van der Waals surface area contributed by atoms with Crippen LogP contribution in [0.2, 0.25) is 0 Å². The van der Waals surface area contributed by atoms with Gasteiger partial charge in [0.25, 0.3) is 0 Å². The second kappa shape index (κ2) is 5.12. The Labute approximate surface area is 114 Å². The number of carbonyl (C=O) groups is 2. The van der Waals surface area contributed by atoms with E-state index in [1.165, 1.54) is 0 Å². The lowest BCUT2D eigenvalue weighted by atomic mass is 10.1. The Hall–Kier alpha value is -1.10. The van der Waals surface area contributed by atoms with Crippen LogP contribution in [0.15, 0.2) is 0 Å². The van der Waals surface area contributed by atoms with E-state index in [0.717, 1.165) is 19.3 Å². The fourth-order valence-electron chi connectivity index (χ4n) is 2.99. The SMILES string of the molecule is CC(C)(C)OC(=O)[C@@H]1CC[C@@H]2CCC[C@H](N)C(=O)N21. The predicted octanol–water partition coefficient (Wildman–Crippen LogP) is 1.20. The topological polar surface area (TPSA) is 72.6 Å². The second-order valence-electron chi connectivity index (χ2n) is 6.56. The zero-order valence-corrected chi connectivity index (χ0v) is 12.0. The van der Waals surface area contributed by atoms with Crippen LogP contribution in [-0.2, 0) is 14.3 Å². The number of esters is 1. The van der Waals surface area contributed by atoms with Crippen molar-refractivity contribution in [1.82, 2.24) is 4.90 Å². The van der Waals surface area contributed by atoms with E-state index >= 15 is 0 Å². The van der Waals surface area contributed by atoms with E-state index in [-0.39, 0.29) is 17.9 Å². The molecule has 2 heterocycles. The third kappa shape index (κ3) is 3.08. The summed E-state index contributed by atoms with van der Waals surface area (Å²) in [5.74, 6) is -0.381. The van der Waals surface area contributed by atoms with Gasteiger partial charge in [0.05, 0.1) is 6.04 Å². The van der Waals surface area contributed by atoms with Crippen molar-refractivity contribution in [2.75, 3.05) is 0 Å². The zero-order chi connectivity index (χ0) is 14.2. The first kappa shape index (κ1) is 14.3. The number of nitrogens with two attached hydrogens (primary N) is 1. The van der Waals surface area contributed by atoms with Crippen LogP contribution in [0, 0.1) is 0 Å². The van der Waals surface area contributed by atoms with E-state index in [1.807, 2.05) is 20.8 Å². The third-order valence-corrected chi connectivity index (χ3v) is 3.81. The standard InChI is InChI=1S/C14H24N2O3/c1-14(2,3)19-13(18)11-8-7-9-5-4-6-10(15)12(17)16(9)11/h9-11H,4-8,15H2,1-3H3/t9-,10-,11-/m0/s1. The van der Waals surface area contributed by atoms with Gasteiger partial charge in [-0.1, -0.05) is 0 Å². The third-order valence-electron chi connectivity index (χ3n) is 3.81. The predicted molar refractivity (Wildman–Crippen MR) is 71.3 cm³/mol. The summed E-state index contributed by atoms with van der Waals surface area (Å²) < 4.78 is 5.42. The molecule has 19 heavy (non-hydrogen) atoms. The fourth-order valence-corrected chi connectivity index (χ4v) is 2.99. The molecule has 2 N–H and O–H groups in total. The molecular formula is C14H24N2O3. The molecule has 0 aromatic heterocycles. The number of hydrogen-bond acceptors (Lipinski definition) is 4. The first-order chi connectivity index (χ1) is 8.79. The van der Waals surface area contributed by atoms with Crippen LogP contribution in [0.4, 0.5) is 0 Å². The minimum atomic E-state index is -0.522. The highest BCUT2D eigenvalue weighted by molar-refractivity contribution is 5.88. The van der Waals surface area contributed by atoms with E-state index in [0.29, 0.717) is 12.8 Å². The zero-order valence-electron chi connectivity index (χ0n) is 12.0. The molecule has 2 saturated heterocycles. The van der Waals surface area contributed by atoms with Crippen molar-refractivity contribution in [2.24, 2.45) is 5.73 Å². The number of nitrogens with zero attached hydrogens (tertiary/aromatic N) is 1. The normalized spacial score (nSPS) is 31.9. The molecule has 0 aromatic carbocycles. The van der Waals surface area contributed by atoms with E-state index in [9.17, 15) is 9.59 Å². The summed E-state index contributed by atoms with van der Waals surface area (Å²) in [6.07, 6.45) is 4.18. The lowest BCUT2D eigenvalue weighted by Crippen LogP contribution is -2.51. The number of hydrogen-bond donors (Lipinski definition) is 1. The van der Waals surface area contributed by atoms with Crippen LogP contribution in [0.1, 0.15) is 52.9 Å². The maximum atomic E-state index is 12.3. The van der Waals surface area contributed by atoms with Gasteiger partial charge in [0.2, 0.25) is 5.91 Å². The Bertz CT molecular complexity index is 375. The van der Waals surface area contributed by atoms with Gasteiger partial charge in [-0.05, 0) is 52.9 Å². The summed E-state index contributed by atoms with van der Waals surface area (Å²) in [6, 6.07) is -0.743. The number of rotatable bonds is 1. The van der Waals surface area contributed by atoms with Gasteiger partial charge in [-0.25, -0.2) is 4.79 Å². The van der Waals surface area contributed by atoms with Crippen LogP contribution in [0.5, 0.6) is 0 Å². The molecule has 0 saturated carbocycles. The summed E-state index contributed by atoms with van der Waals surface area (Å²) >= 11 is 0. The number of ether oxygens (including phenoxy) is 1. The van der Waals surface area contributed by atoms with Gasteiger partial charge >= 0.3 is 5.97 Å². The number of carbonyl (C=O) groups excluding carboxylic acids is 2. The molecule has 2 aliphatic rings. The van der Waals surface area contributed by atoms with Crippen molar-refractivity contribution < 1.29 is 14.3 Å². The molecule has 0 unspecified atom stereocenters. The Morgan fingerprint density at radius 3 is 2.58 bits per heavy atom. The van der Waals surface area contributed by atoms with E-state index in [2.05, 4.69) is 0 Å². The average Bonchev–Trinajstić information content (AvgIpc) is 2.64. The first-order valence-electron chi connectivity index (χ1n) is 7.10. The van der Waals surface area contributed by atoms with Gasteiger partial charge in [-0.3, -0.25) is 4.79 Å². The van der Waals surface area contributed by atoms with E-state index < -0.39 is 17.7 Å². The lowest BCUT2D eigenvalue weighted by Gasteiger charge is -2.31. The highest BCUT2D eigenvalue weighted by atomic mass is 16.6. The largest absolute Gasteiger partial charge is 0.458 e. The van der Waals surface area contributed by atoms with Crippen molar-refractivity contribution in [2.45, 2.75) is 76.6 Å². The summed E-state index contributed by atoms with van der Waals surface area (Å²) in [7, 11) is 0. The minimum absolute atomic E-state index is 0.0872. The molecule has 1 amide bonds. The van der Waals surface area contributed by atoms with Gasteiger partial charge in [-0.15, -0.1) is 0 Å². The van der Waals surface area contributed by atoms with Crippen molar-refractivity contribution in [3.63, 3.8) is 0 Å². The Morgan fingerprint density at radius 1 is 1.26 bits per heavy atom. The summed E-state index contributed by atoms with van der Waals surface area (Å²) in [5, 5.41) is 0. The molecule has 2 rings (SSSR count). The molecule has 2 fully saturated rings. The maximum Gasteiger partial charge on any atom is 0.329 e. The monoisotopic (exact) mass is 268 g/mol. The van der Waals surface area contributed by atoms with E-state index in [4.69, 9.17) is 10.5 Å². The first-order valence-corrected chi connectivity index (χ1v) is 7.10. The molecule has 0 bridgehead atoms. The van der Waals surface area contributed by atoms with Crippen molar-refractivity contribution >= 4 is 11.9 Å².